The van der Waals surface area contributed by atoms with E-state index in [-0.39, 0.29) is 0 Å². The number of nitrogens with zero attached hydrogens (tertiary/aromatic N) is 1. The fourth-order valence-corrected chi connectivity index (χ4v) is 3.34. The topological polar surface area (TPSA) is 20.3 Å². The van der Waals surface area contributed by atoms with Crippen molar-refractivity contribution in [2.24, 2.45) is 0 Å². The fraction of sp³-hybridized carbons (Fsp3) is 0.562. The van der Waals surface area contributed by atoms with E-state index >= 15 is 0 Å². The summed E-state index contributed by atoms with van der Waals surface area (Å²) in [4.78, 5) is 13.7. The Morgan fingerprint density at radius 2 is 1.78 bits per heavy atom. The van der Waals surface area contributed by atoms with Crippen molar-refractivity contribution in [2.45, 2.75) is 45.4 Å². The molecule has 0 fully saturated rings. The summed E-state index contributed by atoms with van der Waals surface area (Å²) in [5.41, 5.74) is 5.94. The van der Waals surface area contributed by atoms with Crippen molar-refractivity contribution < 1.29 is 4.79 Å². The third kappa shape index (κ3) is 2.16. The van der Waals surface area contributed by atoms with Crippen LogP contribution in [0.2, 0.25) is 0 Å². The van der Waals surface area contributed by atoms with Gasteiger partial charge in [0.25, 0.3) is 0 Å². The summed E-state index contributed by atoms with van der Waals surface area (Å²) in [7, 11) is 0. The largest absolute Gasteiger partial charge is 0.371 e. The Balaban J connectivity index is 1.93. The Morgan fingerprint density at radius 1 is 1.17 bits per heavy atom. The van der Waals surface area contributed by atoms with Gasteiger partial charge in [0, 0.05) is 25.2 Å². The second-order valence-electron chi connectivity index (χ2n) is 5.66. The number of carbonyl (C=O) groups excluding carboxylic acids is 1. The highest BCUT2D eigenvalue weighted by Crippen LogP contribution is 2.36. The SMILES string of the molecule is CC(=O)CCc1cc2c3c(c1)CCCN3CCC2. The van der Waals surface area contributed by atoms with Gasteiger partial charge in [0.05, 0.1) is 0 Å². The van der Waals surface area contributed by atoms with Crippen molar-refractivity contribution in [2.75, 3.05) is 18.0 Å². The molecule has 0 N–H and O–H groups in total. The van der Waals surface area contributed by atoms with Crippen LogP contribution in [0.1, 0.15) is 42.9 Å². The van der Waals surface area contributed by atoms with Crippen LogP contribution in [-0.2, 0) is 24.1 Å². The Morgan fingerprint density at radius 3 is 2.33 bits per heavy atom. The first-order valence-corrected chi connectivity index (χ1v) is 7.13. The zero-order valence-electron chi connectivity index (χ0n) is 11.2. The summed E-state index contributed by atoms with van der Waals surface area (Å²) in [6.45, 7) is 4.14. The first kappa shape index (κ1) is 11.8. The number of carbonyl (C=O) groups is 1. The molecule has 3 rings (SSSR count). The lowest BCUT2D eigenvalue weighted by molar-refractivity contribution is -0.116. The van der Waals surface area contributed by atoms with Crippen molar-refractivity contribution in [1.82, 2.24) is 0 Å². The average Bonchev–Trinajstić information content (AvgIpc) is 2.37. The summed E-state index contributed by atoms with van der Waals surface area (Å²) in [6.07, 6.45) is 6.59. The highest BCUT2D eigenvalue weighted by molar-refractivity contribution is 5.75. The fourth-order valence-electron chi connectivity index (χ4n) is 3.34. The number of anilines is 1. The van der Waals surface area contributed by atoms with Gasteiger partial charge in [-0.2, -0.15) is 0 Å². The molecule has 0 saturated heterocycles. The molecule has 96 valence electrons. The molecule has 0 amide bonds. The standard InChI is InChI=1S/C16H21NO/c1-12(18)6-7-13-10-14-4-2-8-17-9-3-5-15(11-13)16(14)17/h10-11H,2-9H2,1H3. The molecule has 0 atom stereocenters. The van der Waals surface area contributed by atoms with E-state index in [9.17, 15) is 4.79 Å². The molecule has 0 saturated carbocycles. The lowest BCUT2D eigenvalue weighted by Crippen LogP contribution is -2.34. The van der Waals surface area contributed by atoms with Crippen LogP contribution in [0.15, 0.2) is 12.1 Å². The smallest absolute Gasteiger partial charge is 0.130 e. The summed E-state index contributed by atoms with van der Waals surface area (Å²) >= 11 is 0. The van der Waals surface area contributed by atoms with Gasteiger partial charge in [0.1, 0.15) is 5.78 Å². The zero-order chi connectivity index (χ0) is 12.5. The van der Waals surface area contributed by atoms with Gasteiger partial charge in [0.2, 0.25) is 0 Å². The van der Waals surface area contributed by atoms with Crippen LogP contribution < -0.4 is 4.90 Å². The normalized spacial score (nSPS) is 17.5. The van der Waals surface area contributed by atoms with Gasteiger partial charge >= 0.3 is 0 Å². The second kappa shape index (κ2) is 4.75. The van der Waals surface area contributed by atoms with E-state index in [0.717, 1.165) is 6.42 Å². The van der Waals surface area contributed by atoms with Gasteiger partial charge in [-0.05, 0) is 55.7 Å². The van der Waals surface area contributed by atoms with E-state index < -0.39 is 0 Å². The number of benzene rings is 1. The number of rotatable bonds is 3. The van der Waals surface area contributed by atoms with Crippen molar-refractivity contribution in [3.63, 3.8) is 0 Å². The quantitative estimate of drug-likeness (QED) is 0.813. The molecule has 2 heteroatoms. The number of ketones is 1. The van der Waals surface area contributed by atoms with Crippen LogP contribution in [-0.4, -0.2) is 18.9 Å². The molecule has 0 spiro atoms. The van der Waals surface area contributed by atoms with E-state index in [4.69, 9.17) is 0 Å². The molecule has 2 heterocycles. The summed E-state index contributed by atoms with van der Waals surface area (Å²) < 4.78 is 0. The molecule has 2 nitrogen and oxygen atoms in total. The van der Waals surface area contributed by atoms with Gasteiger partial charge in [-0.15, -0.1) is 0 Å². The molecule has 0 aliphatic carbocycles. The van der Waals surface area contributed by atoms with Crippen molar-refractivity contribution in [1.29, 1.82) is 0 Å². The molecular weight excluding hydrogens is 222 g/mol. The Labute approximate surface area is 109 Å². The van der Waals surface area contributed by atoms with Crippen LogP contribution in [0.5, 0.6) is 0 Å². The molecule has 1 aromatic rings. The first-order valence-electron chi connectivity index (χ1n) is 7.13. The van der Waals surface area contributed by atoms with Crippen molar-refractivity contribution in [3.8, 4) is 0 Å². The lowest BCUT2D eigenvalue weighted by atomic mass is 9.89. The van der Waals surface area contributed by atoms with Gasteiger partial charge in [-0.1, -0.05) is 12.1 Å². The molecule has 0 unspecified atom stereocenters. The Kier molecular flexibility index (Phi) is 3.11. The second-order valence-corrected chi connectivity index (χ2v) is 5.66. The Bertz CT molecular complexity index is 447. The van der Waals surface area contributed by atoms with E-state index in [1.165, 1.54) is 61.2 Å². The third-order valence-electron chi connectivity index (χ3n) is 4.16. The highest BCUT2D eigenvalue weighted by Gasteiger charge is 2.23. The van der Waals surface area contributed by atoms with Crippen LogP contribution in [0.3, 0.4) is 0 Å². The molecule has 1 aromatic carbocycles. The number of aryl methyl sites for hydroxylation is 3. The summed E-state index contributed by atoms with van der Waals surface area (Å²) in [5, 5.41) is 0. The minimum atomic E-state index is 0.294. The third-order valence-corrected chi connectivity index (χ3v) is 4.16. The Hall–Kier alpha value is -1.31. The maximum atomic E-state index is 11.1. The monoisotopic (exact) mass is 243 g/mol. The zero-order valence-corrected chi connectivity index (χ0v) is 11.2. The van der Waals surface area contributed by atoms with Crippen molar-refractivity contribution >= 4 is 11.5 Å². The van der Waals surface area contributed by atoms with Crippen LogP contribution in [0.4, 0.5) is 5.69 Å². The van der Waals surface area contributed by atoms with Crippen LogP contribution in [0, 0.1) is 0 Å². The molecular formula is C16H21NO. The average molecular weight is 243 g/mol. The predicted octanol–water partition coefficient (Wildman–Crippen LogP) is 2.91. The van der Waals surface area contributed by atoms with Crippen LogP contribution in [0.25, 0.3) is 0 Å². The van der Waals surface area contributed by atoms with Crippen molar-refractivity contribution in [3.05, 3.63) is 28.8 Å². The number of hydrogen-bond donors (Lipinski definition) is 0. The molecule has 2 aliphatic rings. The number of hydrogen-bond acceptors (Lipinski definition) is 2. The summed E-state index contributed by atoms with van der Waals surface area (Å²) in [6, 6.07) is 4.69. The van der Waals surface area contributed by atoms with Gasteiger partial charge < -0.3 is 9.69 Å². The van der Waals surface area contributed by atoms with E-state index in [1.807, 2.05) is 0 Å². The van der Waals surface area contributed by atoms with E-state index in [1.54, 1.807) is 6.92 Å². The molecule has 0 bridgehead atoms. The predicted molar refractivity (Wildman–Crippen MR) is 74.3 cm³/mol. The minimum Gasteiger partial charge on any atom is -0.371 e. The van der Waals surface area contributed by atoms with Gasteiger partial charge in [-0.3, -0.25) is 0 Å². The van der Waals surface area contributed by atoms with E-state index in [2.05, 4.69) is 17.0 Å². The first-order chi connectivity index (χ1) is 8.74. The maximum absolute atomic E-state index is 11.1. The molecule has 0 aromatic heterocycles. The highest BCUT2D eigenvalue weighted by atomic mass is 16.1. The molecule has 0 radical (unpaired) electrons. The summed E-state index contributed by atoms with van der Waals surface area (Å²) in [5.74, 6) is 0.294. The van der Waals surface area contributed by atoms with Gasteiger partial charge in [0.15, 0.2) is 0 Å². The molecule has 2 aliphatic heterocycles. The molecule has 18 heavy (non-hydrogen) atoms. The van der Waals surface area contributed by atoms with Crippen LogP contribution >= 0.6 is 0 Å². The maximum Gasteiger partial charge on any atom is 0.130 e. The van der Waals surface area contributed by atoms with Gasteiger partial charge in [-0.25, -0.2) is 0 Å². The van der Waals surface area contributed by atoms with E-state index in [0.29, 0.717) is 12.2 Å². The minimum absolute atomic E-state index is 0.294. The number of Topliss-reactive ketones (excluding diaryl/α,β-unsaturated/α-hetero) is 1. The lowest BCUT2D eigenvalue weighted by Gasteiger charge is -2.37.